The van der Waals surface area contributed by atoms with Gasteiger partial charge >= 0.3 is 6.18 Å². The second kappa shape index (κ2) is 5.54. The predicted octanol–water partition coefficient (Wildman–Crippen LogP) is 3.66. The largest absolute Gasteiger partial charge is 0.391 e. The summed E-state index contributed by atoms with van der Waals surface area (Å²) in [6.07, 6.45) is -5.08. The van der Waals surface area contributed by atoms with E-state index >= 15 is 0 Å². The van der Waals surface area contributed by atoms with Crippen molar-refractivity contribution in [2.45, 2.75) is 52.3 Å². The van der Waals surface area contributed by atoms with Crippen molar-refractivity contribution in [2.24, 2.45) is 0 Å². The quantitative estimate of drug-likeness (QED) is 0.898. The van der Waals surface area contributed by atoms with Gasteiger partial charge in [-0.3, -0.25) is 0 Å². The van der Waals surface area contributed by atoms with E-state index in [9.17, 15) is 13.2 Å². The SMILES string of the molecule is Cc1cc(C(C)C)nc(NC(C)CC(F)(F)F)n1. The number of rotatable bonds is 4. The first kappa shape index (κ1) is 14.7. The van der Waals surface area contributed by atoms with Gasteiger partial charge in [-0.15, -0.1) is 0 Å². The number of aromatic nitrogens is 2. The van der Waals surface area contributed by atoms with Crippen molar-refractivity contribution in [1.82, 2.24) is 9.97 Å². The summed E-state index contributed by atoms with van der Waals surface area (Å²) in [5.74, 6) is 0.473. The van der Waals surface area contributed by atoms with Crippen LogP contribution in [0.5, 0.6) is 0 Å². The lowest BCUT2D eigenvalue weighted by atomic mass is 10.1. The van der Waals surface area contributed by atoms with Crippen LogP contribution >= 0.6 is 0 Å². The van der Waals surface area contributed by atoms with Crippen LogP contribution in [0, 0.1) is 6.92 Å². The monoisotopic (exact) mass is 261 g/mol. The lowest BCUT2D eigenvalue weighted by molar-refractivity contribution is -0.136. The Morgan fingerprint density at radius 2 is 1.83 bits per heavy atom. The van der Waals surface area contributed by atoms with Crippen molar-refractivity contribution in [2.75, 3.05) is 5.32 Å². The van der Waals surface area contributed by atoms with Gasteiger partial charge in [-0.1, -0.05) is 13.8 Å². The maximum Gasteiger partial charge on any atom is 0.391 e. The molecule has 0 amide bonds. The average Bonchev–Trinajstić information content (AvgIpc) is 2.12. The Morgan fingerprint density at radius 1 is 1.22 bits per heavy atom. The Bertz CT molecular complexity index is 402. The fourth-order valence-corrected chi connectivity index (χ4v) is 1.57. The summed E-state index contributed by atoms with van der Waals surface area (Å²) in [7, 11) is 0. The molecule has 1 heterocycles. The molecule has 0 spiro atoms. The van der Waals surface area contributed by atoms with Crippen molar-refractivity contribution in [1.29, 1.82) is 0 Å². The van der Waals surface area contributed by atoms with E-state index in [0.29, 0.717) is 0 Å². The van der Waals surface area contributed by atoms with Gasteiger partial charge in [0.05, 0.1) is 6.42 Å². The van der Waals surface area contributed by atoms with Crippen molar-refractivity contribution in [3.63, 3.8) is 0 Å². The molecule has 0 aliphatic carbocycles. The van der Waals surface area contributed by atoms with E-state index in [-0.39, 0.29) is 11.9 Å². The van der Waals surface area contributed by atoms with E-state index in [4.69, 9.17) is 0 Å². The van der Waals surface area contributed by atoms with Crippen LogP contribution in [0.4, 0.5) is 19.1 Å². The number of anilines is 1. The number of nitrogens with zero attached hydrogens (tertiary/aromatic N) is 2. The maximum atomic E-state index is 12.2. The molecule has 0 aliphatic rings. The summed E-state index contributed by atoms with van der Waals surface area (Å²) in [5.41, 5.74) is 1.57. The third-order valence-corrected chi connectivity index (χ3v) is 2.38. The molecule has 1 atom stereocenters. The first-order valence-corrected chi connectivity index (χ1v) is 5.86. The van der Waals surface area contributed by atoms with Gasteiger partial charge in [0, 0.05) is 17.4 Å². The summed E-state index contributed by atoms with van der Waals surface area (Å²) >= 11 is 0. The molecule has 0 aliphatic heterocycles. The fraction of sp³-hybridized carbons (Fsp3) is 0.667. The number of hydrogen-bond acceptors (Lipinski definition) is 3. The lowest BCUT2D eigenvalue weighted by Crippen LogP contribution is -2.25. The molecule has 0 saturated heterocycles. The van der Waals surface area contributed by atoms with Crippen molar-refractivity contribution < 1.29 is 13.2 Å². The second-order valence-electron chi connectivity index (χ2n) is 4.78. The van der Waals surface area contributed by atoms with Gasteiger partial charge in [-0.25, -0.2) is 9.97 Å². The van der Waals surface area contributed by atoms with Crippen LogP contribution in [-0.4, -0.2) is 22.2 Å². The van der Waals surface area contributed by atoms with Crippen molar-refractivity contribution >= 4 is 5.95 Å². The number of alkyl halides is 3. The molecule has 0 aromatic carbocycles. The molecular formula is C12H18F3N3. The van der Waals surface area contributed by atoms with E-state index < -0.39 is 18.6 Å². The fourth-order valence-electron chi connectivity index (χ4n) is 1.57. The van der Waals surface area contributed by atoms with Gasteiger partial charge in [0.25, 0.3) is 0 Å². The zero-order chi connectivity index (χ0) is 13.9. The number of aryl methyl sites for hydroxylation is 1. The van der Waals surface area contributed by atoms with Gasteiger partial charge < -0.3 is 5.32 Å². The van der Waals surface area contributed by atoms with E-state index in [2.05, 4.69) is 15.3 Å². The highest BCUT2D eigenvalue weighted by atomic mass is 19.4. The van der Waals surface area contributed by atoms with Crippen LogP contribution in [0.1, 0.15) is 44.5 Å². The molecule has 0 radical (unpaired) electrons. The highest BCUT2D eigenvalue weighted by Gasteiger charge is 2.30. The molecule has 6 heteroatoms. The van der Waals surface area contributed by atoms with Gasteiger partial charge in [0.1, 0.15) is 0 Å². The predicted molar refractivity (Wildman–Crippen MR) is 64.6 cm³/mol. The Balaban J connectivity index is 2.78. The van der Waals surface area contributed by atoms with Gasteiger partial charge in [-0.2, -0.15) is 13.2 Å². The van der Waals surface area contributed by atoms with Crippen LogP contribution < -0.4 is 5.32 Å². The van der Waals surface area contributed by atoms with Gasteiger partial charge in [0.2, 0.25) is 5.95 Å². The standard InChI is InChI=1S/C12H18F3N3/c1-7(2)10-5-8(3)16-11(18-10)17-9(4)6-12(13,14)15/h5,7,9H,6H2,1-4H3,(H,16,17,18). The normalized spacial score (nSPS) is 13.8. The highest BCUT2D eigenvalue weighted by Crippen LogP contribution is 2.23. The molecule has 1 N–H and O–H groups in total. The Morgan fingerprint density at radius 3 is 2.33 bits per heavy atom. The van der Waals surface area contributed by atoms with Gasteiger partial charge in [-0.05, 0) is 25.8 Å². The Labute approximate surface area is 105 Å². The minimum Gasteiger partial charge on any atom is -0.351 e. The molecule has 1 aromatic heterocycles. The summed E-state index contributed by atoms with van der Waals surface area (Å²) in [4.78, 5) is 8.31. The van der Waals surface area contributed by atoms with Crippen molar-refractivity contribution in [3.8, 4) is 0 Å². The van der Waals surface area contributed by atoms with Gasteiger partial charge in [0.15, 0.2) is 0 Å². The molecule has 0 bridgehead atoms. The van der Waals surface area contributed by atoms with Crippen LogP contribution in [-0.2, 0) is 0 Å². The Hall–Kier alpha value is -1.33. The third kappa shape index (κ3) is 4.89. The highest BCUT2D eigenvalue weighted by molar-refractivity contribution is 5.30. The molecule has 1 aromatic rings. The second-order valence-corrected chi connectivity index (χ2v) is 4.78. The molecule has 1 rings (SSSR count). The molecule has 18 heavy (non-hydrogen) atoms. The first-order chi connectivity index (χ1) is 8.17. The van der Waals surface area contributed by atoms with Crippen molar-refractivity contribution in [3.05, 3.63) is 17.5 Å². The van der Waals surface area contributed by atoms with E-state index in [0.717, 1.165) is 11.4 Å². The summed E-state index contributed by atoms with van der Waals surface area (Å²) in [6.45, 7) is 7.22. The summed E-state index contributed by atoms with van der Waals surface area (Å²) < 4.78 is 36.6. The minimum atomic E-state index is -4.18. The smallest absolute Gasteiger partial charge is 0.351 e. The van der Waals surface area contributed by atoms with Crippen LogP contribution in [0.2, 0.25) is 0 Å². The third-order valence-electron chi connectivity index (χ3n) is 2.38. The van der Waals surface area contributed by atoms with Crippen LogP contribution in [0.15, 0.2) is 6.07 Å². The van der Waals surface area contributed by atoms with E-state index in [1.54, 1.807) is 6.92 Å². The molecule has 102 valence electrons. The molecule has 3 nitrogen and oxygen atoms in total. The summed E-state index contributed by atoms with van der Waals surface area (Å²) in [5, 5.41) is 2.69. The van der Waals surface area contributed by atoms with Crippen LogP contribution in [0.25, 0.3) is 0 Å². The molecule has 1 unspecified atom stereocenters. The maximum absolute atomic E-state index is 12.2. The Kier molecular flexibility index (Phi) is 4.53. The number of halogens is 3. The average molecular weight is 261 g/mol. The summed E-state index contributed by atoms with van der Waals surface area (Å²) in [6, 6.07) is 1.09. The minimum absolute atomic E-state index is 0.213. The van der Waals surface area contributed by atoms with E-state index in [1.807, 2.05) is 19.9 Å². The zero-order valence-electron chi connectivity index (χ0n) is 11.0. The zero-order valence-corrected chi connectivity index (χ0v) is 11.0. The number of nitrogens with one attached hydrogen (secondary N) is 1. The first-order valence-electron chi connectivity index (χ1n) is 5.86. The molecular weight excluding hydrogens is 243 g/mol. The van der Waals surface area contributed by atoms with Crippen LogP contribution in [0.3, 0.4) is 0 Å². The lowest BCUT2D eigenvalue weighted by Gasteiger charge is -2.17. The van der Waals surface area contributed by atoms with E-state index in [1.165, 1.54) is 6.92 Å². The molecule has 0 fully saturated rings. The molecule has 0 saturated carbocycles. The topological polar surface area (TPSA) is 37.8 Å². The number of hydrogen-bond donors (Lipinski definition) is 1.